The Hall–Kier alpha value is -1.51. The van der Waals surface area contributed by atoms with Crippen LogP contribution in [-0.2, 0) is 0 Å². The minimum absolute atomic E-state index is 0.140. The van der Waals surface area contributed by atoms with Gasteiger partial charge >= 0.3 is 6.03 Å². The first-order valence-corrected chi connectivity index (χ1v) is 5.69. The molecule has 0 fully saturated rings. The summed E-state index contributed by atoms with van der Waals surface area (Å²) in [5.74, 6) is 1.07. The number of para-hydroxylation sites is 1. The van der Waals surface area contributed by atoms with E-state index in [1.807, 2.05) is 30.3 Å². The van der Waals surface area contributed by atoms with E-state index in [0.717, 1.165) is 5.69 Å². The summed E-state index contributed by atoms with van der Waals surface area (Å²) in [6, 6.07) is 9.30. The van der Waals surface area contributed by atoms with Crippen LogP contribution in [0.4, 0.5) is 10.5 Å². The number of urea groups is 1. The first kappa shape index (κ1) is 12.6. The van der Waals surface area contributed by atoms with E-state index in [9.17, 15) is 4.79 Å². The van der Waals surface area contributed by atoms with Crippen molar-refractivity contribution in [3.63, 3.8) is 0 Å². The maximum absolute atomic E-state index is 11.5. The Kier molecular flexibility index (Phi) is 4.83. The quantitative estimate of drug-likeness (QED) is 0.804. The molecule has 0 aliphatic carbocycles. The van der Waals surface area contributed by atoms with E-state index in [1.54, 1.807) is 0 Å². The number of rotatable bonds is 4. The van der Waals surface area contributed by atoms with E-state index in [0.29, 0.717) is 18.4 Å². The lowest BCUT2D eigenvalue weighted by Crippen LogP contribution is -2.33. The van der Waals surface area contributed by atoms with E-state index in [4.69, 9.17) is 0 Å². The fraction of sp³-hybridized carbons (Fsp3) is 0.462. The monoisotopic (exact) mass is 220 g/mol. The molecule has 0 saturated heterocycles. The highest BCUT2D eigenvalue weighted by Gasteiger charge is 2.08. The average molecular weight is 220 g/mol. The first-order valence-electron chi connectivity index (χ1n) is 5.69. The fourth-order valence-corrected chi connectivity index (χ4v) is 1.19. The van der Waals surface area contributed by atoms with Crippen LogP contribution in [0, 0.1) is 11.8 Å². The van der Waals surface area contributed by atoms with Gasteiger partial charge in [-0.3, -0.25) is 0 Å². The van der Waals surface area contributed by atoms with Crippen molar-refractivity contribution in [1.29, 1.82) is 0 Å². The summed E-state index contributed by atoms with van der Waals surface area (Å²) in [5, 5.41) is 5.65. The molecule has 88 valence electrons. The molecule has 1 unspecified atom stereocenters. The van der Waals surface area contributed by atoms with Gasteiger partial charge in [0.2, 0.25) is 0 Å². The molecule has 1 atom stereocenters. The van der Waals surface area contributed by atoms with Crippen LogP contribution in [0.5, 0.6) is 0 Å². The Labute approximate surface area is 97.2 Å². The van der Waals surface area contributed by atoms with Crippen molar-refractivity contribution < 1.29 is 4.79 Å². The largest absolute Gasteiger partial charge is 0.338 e. The molecular weight excluding hydrogens is 200 g/mol. The van der Waals surface area contributed by atoms with Gasteiger partial charge in [0.15, 0.2) is 0 Å². The van der Waals surface area contributed by atoms with E-state index in [2.05, 4.69) is 31.4 Å². The van der Waals surface area contributed by atoms with Crippen LogP contribution in [0.15, 0.2) is 30.3 Å². The second-order valence-corrected chi connectivity index (χ2v) is 4.42. The van der Waals surface area contributed by atoms with Crippen molar-refractivity contribution in [3.8, 4) is 0 Å². The third kappa shape index (κ3) is 4.34. The lowest BCUT2D eigenvalue weighted by molar-refractivity contribution is 0.249. The Morgan fingerprint density at radius 3 is 2.38 bits per heavy atom. The number of amides is 2. The van der Waals surface area contributed by atoms with E-state index in [1.165, 1.54) is 0 Å². The number of benzene rings is 1. The summed E-state index contributed by atoms with van der Waals surface area (Å²) in [7, 11) is 0. The van der Waals surface area contributed by atoms with Crippen molar-refractivity contribution in [3.05, 3.63) is 30.3 Å². The van der Waals surface area contributed by atoms with Crippen LogP contribution in [-0.4, -0.2) is 12.6 Å². The predicted octanol–water partition coefficient (Wildman–Crippen LogP) is 3.10. The highest BCUT2D eigenvalue weighted by atomic mass is 16.2. The normalized spacial score (nSPS) is 12.2. The molecule has 1 rings (SSSR count). The highest BCUT2D eigenvalue weighted by Crippen LogP contribution is 2.08. The van der Waals surface area contributed by atoms with Gasteiger partial charge in [0.1, 0.15) is 0 Å². The zero-order valence-electron chi connectivity index (χ0n) is 10.2. The Balaban J connectivity index is 2.32. The molecule has 2 amide bonds. The molecular formula is C13H20N2O. The maximum atomic E-state index is 11.5. The lowest BCUT2D eigenvalue weighted by Gasteiger charge is -2.16. The summed E-state index contributed by atoms with van der Waals surface area (Å²) in [6.07, 6.45) is 0. The molecule has 0 radical (unpaired) electrons. The van der Waals surface area contributed by atoms with Crippen LogP contribution in [0.25, 0.3) is 0 Å². The van der Waals surface area contributed by atoms with Gasteiger partial charge in [-0.2, -0.15) is 0 Å². The SMILES string of the molecule is CC(C)C(C)CNC(=O)Nc1ccccc1. The smallest absolute Gasteiger partial charge is 0.319 e. The standard InChI is InChI=1S/C13H20N2O/c1-10(2)11(3)9-14-13(16)15-12-7-5-4-6-8-12/h4-8,10-11H,9H2,1-3H3,(H2,14,15,16). The van der Waals surface area contributed by atoms with E-state index < -0.39 is 0 Å². The van der Waals surface area contributed by atoms with E-state index in [-0.39, 0.29) is 6.03 Å². The zero-order valence-corrected chi connectivity index (χ0v) is 10.2. The molecule has 0 aromatic heterocycles. The van der Waals surface area contributed by atoms with Gasteiger partial charge in [0.05, 0.1) is 0 Å². The Bertz CT molecular complexity index is 322. The van der Waals surface area contributed by atoms with Crippen LogP contribution in [0.1, 0.15) is 20.8 Å². The summed E-state index contributed by atoms with van der Waals surface area (Å²) >= 11 is 0. The first-order chi connectivity index (χ1) is 7.59. The predicted molar refractivity (Wildman–Crippen MR) is 67.5 cm³/mol. The van der Waals surface area contributed by atoms with Crippen LogP contribution >= 0.6 is 0 Å². The number of carbonyl (C=O) groups is 1. The third-order valence-corrected chi connectivity index (χ3v) is 2.75. The van der Waals surface area contributed by atoms with Gasteiger partial charge in [-0.25, -0.2) is 4.79 Å². The third-order valence-electron chi connectivity index (χ3n) is 2.75. The maximum Gasteiger partial charge on any atom is 0.319 e. The van der Waals surface area contributed by atoms with Crippen molar-refractivity contribution in [1.82, 2.24) is 5.32 Å². The van der Waals surface area contributed by atoms with Gasteiger partial charge < -0.3 is 10.6 Å². The minimum atomic E-state index is -0.140. The molecule has 0 aliphatic heterocycles. The van der Waals surface area contributed by atoms with Crippen LogP contribution < -0.4 is 10.6 Å². The molecule has 3 heteroatoms. The topological polar surface area (TPSA) is 41.1 Å². The van der Waals surface area contributed by atoms with Crippen molar-refractivity contribution in [2.24, 2.45) is 11.8 Å². The Morgan fingerprint density at radius 1 is 1.19 bits per heavy atom. The van der Waals surface area contributed by atoms with Gasteiger partial charge in [-0.05, 0) is 24.0 Å². The van der Waals surface area contributed by atoms with Gasteiger partial charge in [-0.1, -0.05) is 39.0 Å². The second kappa shape index (κ2) is 6.16. The molecule has 1 aromatic rings. The van der Waals surface area contributed by atoms with Crippen molar-refractivity contribution in [2.45, 2.75) is 20.8 Å². The summed E-state index contributed by atoms with van der Waals surface area (Å²) in [4.78, 5) is 11.5. The van der Waals surface area contributed by atoms with Crippen molar-refractivity contribution >= 4 is 11.7 Å². The lowest BCUT2D eigenvalue weighted by atomic mass is 9.98. The fourth-order valence-electron chi connectivity index (χ4n) is 1.19. The summed E-state index contributed by atoms with van der Waals surface area (Å²) in [5.41, 5.74) is 0.817. The molecule has 3 nitrogen and oxygen atoms in total. The minimum Gasteiger partial charge on any atom is -0.338 e. The van der Waals surface area contributed by atoms with Crippen LogP contribution in [0.3, 0.4) is 0 Å². The van der Waals surface area contributed by atoms with Gasteiger partial charge in [0, 0.05) is 12.2 Å². The molecule has 16 heavy (non-hydrogen) atoms. The van der Waals surface area contributed by atoms with Crippen molar-refractivity contribution in [2.75, 3.05) is 11.9 Å². The Morgan fingerprint density at radius 2 is 1.81 bits per heavy atom. The second-order valence-electron chi connectivity index (χ2n) is 4.42. The zero-order chi connectivity index (χ0) is 12.0. The van der Waals surface area contributed by atoms with Gasteiger partial charge in [-0.15, -0.1) is 0 Å². The molecule has 0 spiro atoms. The van der Waals surface area contributed by atoms with Gasteiger partial charge in [0.25, 0.3) is 0 Å². The highest BCUT2D eigenvalue weighted by molar-refractivity contribution is 5.89. The average Bonchev–Trinajstić information content (AvgIpc) is 2.27. The molecule has 0 bridgehead atoms. The molecule has 1 aromatic carbocycles. The molecule has 2 N–H and O–H groups in total. The summed E-state index contributed by atoms with van der Waals surface area (Å²) in [6.45, 7) is 7.15. The number of nitrogens with one attached hydrogen (secondary N) is 2. The van der Waals surface area contributed by atoms with E-state index >= 15 is 0 Å². The molecule has 0 heterocycles. The van der Waals surface area contributed by atoms with Crippen LogP contribution in [0.2, 0.25) is 0 Å². The summed E-state index contributed by atoms with van der Waals surface area (Å²) < 4.78 is 0. The number of hydrogen-bond acceptors (Lipinski definition) is 1. The number of carbonyl (C=O) groups excluding carboxylic acids is 1. The molecule has 0 saturated carbocycles. The number of hydrogen-bond donors (Lipinski definition) is 2. The number of anilines is 1. The molecule has 0 aliphatic rings.